The van der Waals surface area contributed by atoms with E-state index in [4.69, 9.17) is 17.3 Å². The first-order valence-electron chi connectivity index (χ1n) is 8.30. The third kappa shape index (κ3) is 4.01. The van der Waals surface area contributed by atoms with Crippen molar-refractivity contribution in [3.05, 3.63) is 69.2 Å². The van der Waals surface area contributed by atoms with Crippen LogP contribution in [-0.4, -0.2) is 20.9 Å². The molecule has 2 N–H and O–H groups in total. The zero-order valence-corrected chi connectivity index (χ0v) is 16.1. The van der Waals surface area contributed by atoms with Crippen LogP contribution in [0.15, 0.2) is 52.5 Å². The van der Waals surface area contributed by atoms with Crippen LogP contribution in [-0.2, 0) is 17.5 Å². The number of carbonyl (C=O) groups excluding carboxylic acids is 1. The normalized spacial score (nSPS) is 16.1. The Bertz CT molecular complexity index is 1200. The zero-order valence-electron chi connectivity index (χ0n) is 14.6. The van der Waals surface area contributed by atoms with Gasteiger partial charge in [0.25, 0.3) is 5.91 Å². The van der Waals surface area contributed by atoms with Crippen molar-refractivity contribution in [3.8, 4) is 0 Å². The van der Waals surface area contributed by atoms with Crippen molar-refractivity contribution in [2.45, 2.75) is 12.7 Å². The Hall–Kier alpha value is -2.78. The van der Waals surface area contributed by atoms with Gasteiger partial charge in [0.1, 0.15) is 0 Å². The van der Waals surface area contributed by atoms with E-state index in [1.807, 2.05) is 0 Å². The molecule has 0 unspecified atom stereocenters. The van der Waals surface area contributed by atoms with E-state index in [2.05, 4.69) is 10.1 Å². The highest BCUT2D eigenvalue weighted by atomic mass is 35.5. The number of benzene rings is 2. The number of aromatic nitrogens is 2. The number of thioether (sulfide) groups is 1. The molecule has 10 heteroatoms. The second-order valence-electron chi connectivity index (χ2n) is 6.29. The van der Waals surface area contributed by atoms with E-state index in [1.54, 1.807) is 30.5 Å². The lowest BCUT2D eigenvalue weighted by Gasteiger charge is -2.14. The van der Waals surface area contributed by atoms with E-state index < -0.39 is 17.6 Å². The molecular formula is C19H12ClF3N4OS. The minimum Gasteiger partial charge on any atom is -0.378 e. The SMILES string of the molecule is NC1=NC(=O)/C(=C/c2ccc3c(cnn3Cc3ccc(Cl)cc3C(F)(F)F)c2)S1. The number of nitrogens with zero attached hydrogens (tertiary/aromatic N) is 3. The number of hydrogen-bond donors (Lipinski definition) is 1. The van der Waals surface area contributed by atoms with Gasteiger partial charge in [-0.1, -0.05) is 23.7 Å². The van der Waals surface area contributed by atoms with Gasteiger partial charge in [-0.3, -0.25) is 9.48 Å². The summed E-state index contributed by atoms with van der Waals surface area (Å²) in [7, 11) is 0. The number of fused-ring (bicyclic) bond motifs is 1. The molecule has 0 atom stereocenters. The van der Waals surface area contributed by atoms with Crippen molar-refractivity contribution in [2.24, 2.45) is 10.7 Å². The van der Waals surface area contributed by atoms with Crippen LogP contribution in [0.4, 0.5) is 13.2 Å². The van der Waals surface area contributed by atoms with Crippen LogP contribution < -0.4 is 5.73 Å². The molecule has 1 aliphatic heterocycles. The van der Waals surface area contributed by atoms with Crippen LogP contribution in [0.2, 0.25) is 5.02 Å². The van der Waals surface area contributed by atoms with Gasteiger partial charge >= 0.3 is 6.18 Å². The predicted octanol–water partition coefficient (Wildman–Crippen LogP) is 4.69. The molecule has 2 heterocycles. The van der Waals surface area contributed by atoms with Gasteiger partial charge in [-0.25, -0.2) is 0 Å². The number of halogens is 4. The summed E-state index contributed by atoms with van der Waals surface area (Å²) in [4.78, 5) is 15.8. The molecule has 0 radical (unpaired) electrons. The fourth-order valence-electron chi connectivity index (χ4n) is 3.01. The molecule has 3 aromatic rings. The third-order valence-electron chi connectivity index (χ3n) is 4.30. The van der Waals surface area contributed by atoms with Crippen molar-refractivity contribution in [3.63, 3.8) is 0 Å². The molecule has 0 aliphatic carbocycles. The van der Waals surface area contributed by atoms with Gasteiger partial charge < -0.3 is 5.73 Å². The number of hydrogen-bond acceptors (Lipinski definition) is 4. The molecule has 4 rings (SSSR count). The van der Waals surface area contributed by atoms with Crippen LogP contribution in [0, 0.1) is 0 Å². The van der Waals surface area contributed by atoms with Gasteiger partial charge in [0, 0.05) is 10.4 Å². The smallest absolute Gasteiger partial charge is 0.378 e. The third-order valence-corrected chi connectivity index (χ3v) is 5.35. The van der Waals surface area contributed by atoms with Gasteiger partial charge in [0.15, 0.2) is 5.17 Å². The predicted molar refractivity (Wildman–Crippen MR) is 107 cm³/mol. The summed E-state index contributed by atoms with van der Waals surface area (Å²) in [5, 5.41) is 5.16. The number of aliphatic imine (C=N–C) groups is 1. The summed E-state index contributed by atoms with van der Waals surface area (Å²) >= 11 is 6.82. The summed E-state index contributed by atoms with van der Waals surface area (Å²) in [6.07, 6.45) is -1.29. The average Bonchev–Trinajstić information content (AvgIpc) is 3.18. The van der Waals surface area contributed by atoms with Crippen LogP contribution >= 0.6 is 23.4 Å². The molecule has 0 saturated heterocycles. The summed E-state index contributed by atoms with van der Waals surface area (Å²) in [5.41, 5.74) is 6.22. The molecular weight excluding hydrogens is 425 g/mol. The minimum atomic E-state index is -4.52. The van der Waals surface area contributed by atoms with Crippen LogP contribution in [0.25, 0.3) is 17.0 Å². The van der Waals surface area contributed by atoms with Gasteiger partial charge in [0.05, 0.1) is 28.7 Å². The lowest BCUT2D eigenvalue weighted by atomic mass is 10.1. The van der Waals surface area contributed by atoms with Gasteiger partial charge in [-0.05, 0) is 53.2 Å². The first-order chi connectivity index (χ1) is 13.7. The molecule has 0 bridgehead atoms. The Kier molecular flexibility index (Phi) is 4.87. The van der Waals surface area contributed by atoms with Crippen molar-refractivity contribution < 1.29 is 18.0 Å². The fraction of sp³-hybridized carbons (Fsp3) is 0.105. The fourth-order valence-corrected chi connectivity index (χ4v) is 3.86. The number of nitrogens with two attached hydrogens (primary N) is 1. The lowest BCUT2D eigenvalue weighted by molar-refractivity contribution is -0.138. The number of rotatable bonds is 3. The number of carbonyl (C=O) groups is 1. The van der Waals surface area contributed by atoms with Crippen molar-refractivity contribution in [1.82, 2.24) is 9.78 Å². The highest BCUT2D eigenvalue weighted by Crippen LogP contribution is 2.34. The quantitative estimate of drug-likeness (QED) is 0.605. The average molecular weight is 437 g/mol. The molecule has 1 aliphatic rings. The molecule has 1 aromatic heterocycles. The Balaban J connectivity index is 1.66. The maximum absolute atomic E-state index is 13.3. The molecule has 0 fully saturated rings. The largest absolute Gasteiger partial charge is 0.416 e. The number of amides is 1. The Morgan fingerprint density at radius 3 is 2.69 bits per heavy atom. The zero-order chi connectivity index (χ0) is 20.8. The molecule has 5 nitrogen and oxygen atoms in total. The van der Waals surface area contributed by atoms with E-state index in [-0.39, 0.29) is 22.3 Å². The highest BCUT2D eigenvalue weighted by Gasteiger charge is 2.33. The maximum Gasteiger partial charge on any atom is 0.416 e. The Labute approximate surface area is 172 Å². The number of amidine groups is 1. The maximum atomic E-state index is 13.3. The van der Waals surface area contributed by atoms with Crippen molar-refractivity contribution >= 4 is 51.4 Å². The summed E-state index contributed by atoms with van der Waals surface area (Å²) in [5.74, 6) is -0.397. The summed E-state index contributed by atoms with van der Waals surface area (Å²) < 4.78 is 41.5. The summed E-state index contributed by atoms with van der Waals surface area (Å²) in [6.45, 7) is -0.0609. The highest BCUT2D eigenvalue weighted by molar-refractivity contribution is 8.18. The van der Waals surface area contributed by atoms with Crippen LogP contribution in [0.5, 0.6) is 0 Å². The molecule has 0 spiro atoms. The molecule has 2 aromatic carbocycles. The Morgan fingerprint density at radius 2 is 2.00 bits per heavy atom. The van der Waals surface area contributed by atoms with E-state index in [1.165, 1.54) is 16.8 Å². The van der Waals surface area contributed by atoms with Gasteiger partial charge in [0.2, 0.25) is 0 Å². The van der Waals surface area contributed by atoms with Gasteiger partial charge in [-0.2, -0.15) is 23.3 Å². The van der Waals surface area contributed by atoms with Crippen LogP contribution in [0.3, 0.4) is 0 Å². The standard InChI is InChI=1S/C19H12ClF3N4OS/c20-13-3-2-11(14(7-13)19(21,22)23)9-27-15-4-1-10(5-12(15)8-25-27)6-16-17(28)26-18(24)29-16/h1-8H,9H2,(H2,24,26,28)/b16-6-. The van der Waals surface area contributed by atoms with E-state index in [0.29, 0.717) is 10.4 Å². The summed E-state index contributed by atoms with van der Waals surface area (Å²) in [6, 6.07) is 8.98. The monoisotopic (exact) mass is 436 g/mol. The van der Waals surface area contributed by atoms with Crippen LogP contribution in [0.1, 0.15) is 16.7 Å². The van der Waals surface area contributed by atoms with E-state index >= 15 is 0 Å². The van der Waals surface area contributed by atoms with Gasteiger partial charge in [-0.15, -0.1) is 0 Å². The van der Waals surface area contributed by atoms with Crippen molar-refractivity contribution in [2.75, 3.05) is 0 Å². The molecule has 0 saturated carbocycles. The topological polar surface area (TPSA) is 73.3 Å². The van der Waals surface area contributed by atoms with E-state index in [9.17, 15) is 18.0 Å². The van der Waals surface area contributed by atoms with Crippen molar-refractivity contribution in [1.29, 1.82) is 0 Å². The number of alkyl halides is 3. The second kappa shape index (κ2) is 7.23. The molecule has 1 amide bonds. The molecule has 29 heavy (non-hydrogen) atoms. The molecule has 148 valence electrons. The first kappa shape index (κ1) is 19.5. The first-order valence-corrected chi connectivity index (χ1v) is 9.49. The van der Waals surface area contributed by atoms with E-state index in [0.717, 1.165) is 28.8 Å². The lowest BCUT2D eigenvalue weighted by Crippen LogP contribution is -2.12. The Morgan fingerprint density at radius 1 is 1.21 bits per heavy atom. The second-order valence-corrected chi connectivity index (χ2v) is 7.78. The minimum absolute atomic E-state index is 0.0213.